The van der Waals surface area contributed by atoms with Crippen LogP contribution >= 0.6 is 0 Å². The fourth-order valence-electron chi connectivity index (χ4n) is 2.75. The molecule has 2 aliphatic rings. The number of nitro benzene ring substituents is 1. The molecule has 0 spiro atoms. The Morgan fingerprint density at radius 3 is 2.26 bits per heavy atom. The van der Waals surface area contributed by atoms with Crippen molar-refractivity contribution in [2.45, 2.75) is 43.7 Å². The number of nitro groups is 1. The molecule has 0 unspecified atom stereocenters. The highest BCUT2D eigenvalue weighted by Crippen LogP contribution is 2.42. The molecule has 3 rings (SSSR count). The van der Waals surface area contributed by atoms with E-state index in [9.17, 15) is 18.5 Å². The molecular formula is C14H18N2O6S. The lowest BCUT2D eigenvalue weighted by Gasteiger charge is -2.26. The van der Waals surface area contributed by atoms with E-state index in [2.05, 4.69) is 0 Å². The first-order valence-electron chi connectivity index (χ1n) is 7.44. The molecule has 23 heavy (non-hydrogen) atoms. The average Bonchev–Trinajstić information content (AvgIpc) is 3.29. The maximum atomic E-state index is 13.0. The molecule has 1 fully saturated rings. The first kappa shape index (κ1) is 16.0. The monoisotopic (exact) mass is 342 g/mol. The van der Waals surface area contributed by atoms with Crippen LogP contribution in [0.4, 0.5) is 5.69 Å². The van der Waals surface area contributed by atoms with Gasteiger partial charge in [0.15, 0.2) is 16.4 Å². The maximum absolute atomic E-state index is 13.0. The van der Waals surface area contributed by atoms with Crippen LogP contribution in [0.3, 0.4) is 0 Å². The second kappa shape index (κ2) is 5.64. The first-order chi connectivity index (χ1) is 10.8. The molecule has 8 nitrogen and oxygen atoms in total. The SMILES string of the molecule is CC(C)N(C1CC1)S(=O)(=O)c1cc2c(cc1[N+](=O)[O-])OCCO2. The van der Waals surface area contributed by atoms with Crippen molar-refractivity contribution in [1.29, 1.82) is 0 Å². The summed E-state index contributed by atoms with van der Waals surface area (Å²) < 4.78 is 38.0. The summed E-state index contributed by atoms with van der Waals surface area (Å²) in [5, 5.41) is 11.4. The largest absolute Gasteiger partial charge is 0.486 e. The summed E-state index contributed by atoms with van der Waals surface area (Å²) in [4.78, 5) is 10.3. The number of benzene rings is 1. The van der Waals surface area contributed by atoms with Crippen molar-refractivity contribution in [2.24, 2.45) is 0 Å². The third-order valence-electron chi connectivity index (χ3n) is 3.79. The lowest BCUT2D eigenvalue weighted by Crippen LogP contribution is -2.39. The van der Waals surface area contributed by atoms with Crippen LogP contribution in [0.2, 0.25) is 0 Å². The molecule has 0 atom stereocenters. The molecule has 0 amide bonds. The van der Waals surface area contributed by atoms with Gasteiger partial charge in [-0.15, -0.1) is 0 Å². The quantitative estimate of drug-likeness (QED) is 0.599. The highest BCUT2D eigenvalue weighted by atomic mass is 32.2. The number of hydrogen-bond donors (Lipinski definition) is 0. The molecule has 1 aromatic carbocycles. The van der Waals surface area contributed by atoms with Gasteiger partial charge < -0.3 is 9.47 Å². The van der Waals surface area contributed by atoms with Gasteiger partial charge in [0.2, 0.25) is 0 Å². The van der Waals surface area contributed by atoms with Crippen LogP contribution in [-0.2, 0) is 10.0 Å². The zero-order valence-electron chi connectivity index (χ0n) is 12.9. The van der Waals surface area contributed by atoms with Crippen molar-refractivity contribution < 1.29 is 22.8 Å². The van der Waals surface area contributed by atoms with Gasteiger partial charge in [0.1, 0.15) is 13.2 Å². The fraction of sp³-hybridized carbons (Fsp3) is 0.571. The van der Waals surface area contributed by atoms with Crippen LogP contribution in [-0.4, -0.2) is 42.9 Å². The predicted molar refractivity (Wildman–Crippen MR) is 81.3 cm³/mol. The third-order valence-corrected chi connectivity index (χ3v) is 5.95. The Hall–Kier alpha value is -1.87. The van der Waals surface area contributed by atoms with E-state index in [0.717, 1.165) is 18.9 Å². The predicted octanol–water partition coefficient (Wildman–Crippen LogP) is 1.93. The van der Waals surface area contributed by atoms with Gasteiger partial charge in [-0.25, -0.2) is 8.42 Å². The van der Waals surface area contributed by atoms with E-state index in [1.54, 1.807) is 13.8 Å². The normalized spacial score (nSPS) is 17.6. The van der Waals surface area contributed by atoms with E-state index in [1.807, 2.05) is 0 Å². The summed E-state index contributed by atoms with van der Waals surface area (Å²) in [6.45, 7) is 4.08. The number of hydrogen-bond acceptors (Lipinski definition) is 6. The zero-order chi connectivity index (χ0) is 16.8. The molecule has 0 saturated heterocycles. The minimum Gasteiger partial charge on any atom is -0.486 e. The molecule has 1 aliphatic heterocycles. The maximum Gasteiger partial charge on any atom is 0.293 e. The number of fused-ring (bicyclic) bond motifs is 1. The van der Waals surface area contributed by atoms with Crippen LogP contribution in [0.25, 0.3) is 0 Å². The van der Waals surface area contributed by atoms with Crippen LogP contribution in [0, 0.1) is 10.1 Å². The summed E-state index contributed by atoms with van der Waals surface area (Å²) >= 11 is 0. The molecule has 0 N–H and O–H groups in total. The Labute approximate surface area is 134 Å². The van der Waals surface area contributed by atoms with E-state index in [0.29, 0.717) is 0 Å². The summed E-state index contributed by atoms with van der Waals surface area (Å²) in [5.74, 6) is 0.421. The molecule has 0 aromatic heterocycles. The van der Waals surface area contributed by atoms with Gasteiger partial charge in [-0.3, -0.25) is 10.1 Å². The Morgan fingerprint density at radius 1 is 1.22 bits per heavy atom. The van der Waals surface area contributed by atoms with Crippen LogP contribution < -0.4 is 9.47 Å². The van der Waals surface area contributed by atoms with Gasteiger partial charge in [0.05, 0.1) is 11.0 Å². The lowest BCUT2D eigenvalue weighted by atomic mass is 10.2. The van der Waals surface area contributed by atoms with Crippen molar-refractivity contribution in [3.63, 3.8) is 0 Å². The molecular weight excluding hydrogens is 324 g/mol. The van der Waals surface area contributed by atoms with E-state index in [-0.39, 0.29) is 41.7 Å². The summed E-state index contributed by atoms with van der Waals surface area (Å²) in [6, 6.07) is 1.97. The molecule has 1 saturated carbocycles. The fourth-order valence-corrected chi connectivity index (χ4v) is 4.79. The van der Waals surface area contributed by atoms with Crippen molar-refractivity contribution >= 4 is 15.7 Å². The van der Waals surface area contributed by atoms with E-state index >= 15 is 0 Å². The lowest BCUT2D eigenvalue weighted by molar-refractivity contribution is -0.388. The molecule has 9 heteroatoms. The van der Waals surface area contributed by atoms with E-state index in [4.69, 9.17) is 9.47 Å². The standard InChI is InChI=1S/C14H18N2O6S/c1-9(2)15(10-3-4-10)23(19,20)14-8-13-12(21-5-6-22-13)7-11(14)16(17)18/h7-10H,3-6H2,1-2H3. The van der Waals surface area contributed by atoms with E-state index in [1.165, 1.54) is 10.4 Å². The minimum atomic E-state index is -3.99. The number of sulfonamides is 1. The smallest absolute Gasteiger partial charge is 0.293 e. The Kier molecular flexibility index (Phi) is 3.93. The van der Waals surface area contributed by atoms with Crippen molar-refractivity contribution in [2.75, 3.05) is 13.2 Å². The van der Waals surface area contributed by atoms with E-state index < -0.39 is 20.6 Å². The summed E-state index contributed by atoms with van der Waals surface area (Å²) in [5.41, 5.74) is -0.486. The second-order valence-corrected chi connectivity index (χ2v) is 7.69. The zero-order valence-corrected chi connectivity index (χ0v) is 13.7. The van der Waals surface area contributed by atoms with Crippen LogP contribution in [0.15, 0.2) is 17.0 Å². The highest BCUT2D eigenvalue weighted by Gasteiger charge is 2.43. The summed E-state index contributed by atoms with van der Waals surface area (Å²) in [6.07, 6.45) is 1.55. The van der Waals surface area contributed by atoms with Gasteiger partial charge in [0.25, 0.3) is 15.7 Å². The molecule has 1 aliphatic carbocycles. The van der Waals surface area contributed by atoms with Crippen molar-refractivity contribution in [3.8, 4) is 11.5 Å². The van der Waals surface area contributed by atoms with Crippen molar-refractivity contribution in [1.82, 2.24) is 4.31 Å². The molecule has 1 heterocycles. The Bertz CT molecular complexity index is 740. The molecule has 0 bridgehead atoms. The van der Waals surface area contributed by atoms with Crippen LogP contribution in [0.1, 0.15) is 26.7 Å². The minimum absolute atomic E-state index is 0.0900. The van der Waals surface area contributed by atoms with Gasteiger partial charge in [-0.05, 0) is 26.7 Å². The highest BCUT2D eigenvalue weighted by molar-refractivity contribution is 7.89. The van der Waals surface area contributed by atoms with Gasteiger partial charge in [-0.1, -0.05) is 0 Å². The van der Waals surface area contributed by atoms with Gasteiger partial charge >= 0.3 is 0 Å². The third kappa shape index (κ3) is 2.86. The van der Waals surface area contributed by atoms with Crippen LogP contribution in [0.5, 0.6) is 11.5 Å². The number of ether oxygens (including phenoxy) is 2. The summed E-state index contributed by atoms with van der Waals surface area (Å²) in [7, 11) is -3.99. The molecule has 1 aromatic rings. The number of nitrogens with zero attached hydrogens (tertiary/aromatic N) is 2. The first-order valence-corrected chi connectivity index (χ1v) is 8.88. The average molecular weight is 342 g/mol. The Balaban J connectivity index is 2.15. The van der Waals surface area contributed by atoms with Crippen molar-refractivity contribution in [3.05, 3.63) is 22.2 Å². The molecule has 126 valence electrons. The second-order valence-electron chi connectivity index (χ2n) is 5.88. The Morgan fingerprint density at radius 2 is 1.78 bits per heavy atom. The van der Waals surface area contributed by atoms with Gasteiger partial charge in [-0.2, -0.15) is 4.31 Å². The molecule has 0 radical (unpaired) electrons. The topological polar surface area (TPSA) is 99.0 Å². The van der Waals surface area contributed by atoms with Gasteiger partial charge in [0, 0.05) is 18.2 Å². The number of rotatable bonds is 5.